The maximum Gasteiger partial charge on any atom is 0.130 e. The number of allylic oxidation sites excluding steroid dienone is 1. The van der Waals surface area contributed by atoms with Gasteiger partial charge in [0.25, 0.3) is 0 Å². The van der Waals surface area contributed by atoms with E-state index < -0.39 is 0 Å². The van der Waals surface area contributed by atoms with Crippen LogP contribution < -0.4 is 14.5 Å². The third-order valence-corrected chi connectivity index (χ3v) is 13.0. The topological polar surface area (TPSA) is 15.7 Å². The van der Waals surface area contributed by atoms with Crippen molar-refractivity contribution < 1.29 is 4.74 Å². The van der Waals surface area contributed by atoms with Gasteiger partial charge in [-0.25, -0.2) is 0 Å². The molecular formula is C62H44N2O. The van der Waals surface area contributed by atoms with Crippen molar-refractivity contribution in [1.82, 2.24) is 0 Å². The average molecular weight is 833 g/mol. The van der Waals surface area contributed by atoms with Crippen molar-refractivity contribution in [3.05, 3.63) is 266 Å². The third-order valence-electron chi connectivity index (χ3n) is 13.0. The molecule has 0 fully saturated rings. The van der Waals surface area contributed by atoms with Crippen LogP contribution in [0.1, 0.15) is 11.5 Å². The third kappa shape index (κ3) is 7.33. The van der Waals surface area contributed by atoms with E-state index in [4.69, 9.17) is 4.74 Å². The number of nitrogens with zero attached hydrogens (tertiary/aromatic N) is 2. The predicted molar refractivity (Wildman–Crippen MR) is 272 cm³/mol. The minimum atomic E-state index is -0.0957. The Hall–Kier alpha value is -8.40. The summed E-state index contributed by atoms with van der Waals surface area (Å²) in [6, 6.07) is 85.1. The number of fused-ring (bicyclic) bond motifs is 5. The normalized spacial score (nSPS) is 14.9. The van der Waals surface area contributed by atoms with E-state index in [1.54, 1.807) is 0 Å². The summed E-state index contributed by atoms with van der Waals surface area (Å²) in [7, 11) is 0. The first-order valence-corrected chi connectivity index (χ1v) is 22.4. The molecule has 1 aliphatic heterocycles. The highest BCUT2D eigenvalue weighted by molar-refractivity contribution is 5.90. The Morgan fingerprint density at radius 3 is 1.23 bits per heavy atom. The lowest BCUT2D eigenvalue weighted by Gasteiger charge is -2.30. The Morgan fingerprint density at radius 1 is 0.323 bits per heavy atom. The summed E-state index contributed by atoms with van der Waals surface area (Å²) in [4.78, 5) is 4.70. The van der Waals surface area contributed by atoms with Gasteiger partial charge in [0, 0.05) is 45.6 Å². The molecule has 0 N–H and O–H groups in total. The predicted octanol–water partition coefficient (Wildman–Crippen LogP) is 16.6. The maximum absolute atomic E-state index is 6.69. The second kappa shape index (κ2) is 16.4. The second-order valence-corrected chi connectivity index (χ2v) is 16.9. The van der Waals surface area contributed by atoms with Crippen LogP contribution in [0.4, 0.5) is 28.4 Å². The zero-order valence-electron chi connectivity index (χ0n) is 35.7. The molecule has 1 aliphatic carbocycles. The molecule has 0 bridgehead atoms. The fraction of sp³-hybridized carbons (Fsp3) is 0.0323. The van der Waals surface area contributed by atoms with Gasteiger partial charge in [-0.2, -0.15) is 0 Å². The molecule has 10 aromatic carbocycles. The van der Waals surface area contributed by atoms with Crippen molar-refractivity contribution in [2.45, 2.75) is 12.0 Å². The zero-order valence-corrected chi connectivity index (χ0v) is 35.7. The van der Waals surface area contributed by atoms with Crippen LogP contribution in [0.3, 0.4) is 0 Å². The molecule has 2 aliphatic rings. The molecule has 0 amide bonds. The first kappa shape index (κ1) is 38.3. The van der Waals surface area contributed by atoms with Gasteiger partial charge in [-0.3, -0.25) is 0 Å². The van der Waals surface area contributed by atoms with Gasteiger partial charge in [0.1, 0.15) is 11.9 Å². The summed E-state index contributed by atoms with van der Waals surface area (Å²) in [5.41, 5.74) is 14.9. The molecule has 2 unspecified atom stereocenters. The van der Waals surface area contributed by atoms with E-state index in [-0.39, 0.29) is 12.0 Å². The van der Waals surface area contributed by atoms with Gasteiger partial charge in [-0.1, -0.05) is 170 Å². The van der Waals surface area contributed by atoms with Crippen LogP contribution in [0.15, 0.2) is 261 Å². The van der Waals surface area contributed by atoms with Gasteiger partial charge in [0.2, 0.25) is 0 Å². The highest BCUT2D eigenvalue weighted by Gasteiger charge is 2.35. The fourth-order valence-electron chi connectivity index (χ4n) is 9.61. The first-order chi connectivity index (χ1) is 32.2. The monoisotopic (exact) mass is 832 g/mol. The van der Waals surface area contributed by atoms with E-state index in [9.17, 15) is 0 Å². The molecule has 0 radical (unpaired) electrons. The SMILES string of the molecule is C1=CC2c3cc4ccccc4cc3OC2C=C1N(c1ccc(-c2ccccc2)cc1)c1ccc(-c2ccc(N(c3ccc(-c4ccccc4)cc3)c3ccc4ccccc4c3)cc2)cc1. The molecular weight excluding hydrogens is 789 g/mol. The molecule has 3 heteroatoms. The molecule has 3 nitrogen and oxygen atoms in total. The molecule has 1 heterocycles. The van der Waals surface area contributed by atoms with Crippen LogP contribution in [0.25, 0.3) is 54.9 Å². The van der Waals surface area contributed by atoms with Crippen molar-refractivity contribution in [1.29, 1.82) is 0 Å². The summed E-state index contributed by atoms with van der Waals surface area (Å²) in [6.45, 7) is 0. The van der Waals surface area contributed by atoms with Gasteiger partial charge in [-0.15, -0.1) is 0 Å². The molecule has 0 saturated carbocycles. The minimum absolute atomic E-state index is 0.0957. The number of rotatable bonds is 9. The Bertz CT molecular complexity index is 3380. The van der Waals surface area contributed by atoms with Crippen molar-refractivity contribution in [2.75, 3.05) is 9.80 Å². The van der Waals surface area contributed by atoms with Crippen LogP contribution in [-0.2, 0) is 0 Å². The van der Waals surface area contributed by atoms with E-state index in [2.05, 4.69) is 265 Å². The standard InChI is InChI=1S/C62H44N2O/c1-3-11-43(12-4-1)46-19-28-53(29-20-46)63(57-36-27-45-15-7-8-16-50(45)39-57)54-32-23-48(24-33-54)49-25-34-56(35-26-49)64(55-30-21-47(22-31-55)44-13-5-2-6-14-44)58-37-38-59-60-40-51-17-9-10-18-52(51)41-61(60)65-62(59)42-58/h1-42,59,62H. The number of anilines is 5. The smallest absolute Gasteiger partial charge is 0.130 e. The number of hydrogen-bond acceptors (Lipinski definition) is 3. The molecule has 0 aromatic heterocycles. The van der Waals surface area contributed by atoms with Gasteiger partial charge in [-0.05, 0) is 140 Å². The molecule has 2 atom stereocenters. The first-order valence-electron chi connectivity index (χ1n) is 22.4. The highest BCUT2D eigenvalue weighted by atomic mass is 16.5. The molecule has 12 rings (SSSR count). The lowest BCUT2D eigenvalue weighted by atomic mass is 9.89. The molecule has 10 aromatic rings. The van der Waals surface area contributed by atoms with Gasteiger partial charge in [0.15, 0.2) is 0 Å². The number of hydrogen-bond donors (Lipinski definition) is 0. The van der Waals surface area contributed by atoms with E-state index in [1.165, 1.54) is 49.4 Å². The Kier molecular flexibility index (Phi) is 9.65. The van der Waals surface area contributed by atoms with E-state index in [0.717, 1.165) is 51.0 Å². The molecule has 0 spiro atoms. The summed E-state index contributed by atoms with van der Waals surface area (Å²) in [6.07, 6.45) is 6.79. The van der Waals surface area contributed by atoms with Crippen LogP contribution >= 0.6 is 0 Å². The fourth-order valence-corrected chi connectivity index (χ4v) is 9.61. The molecule has 0 saturated heterocycles. The van der Waals surface area contributed by atoms with Crippen LogP contribution in [0.2, 0.25) is 0 Å². The van der Waals surface area contributed by atoms with E-state index in [0.29, 0.717) is 0 Å². The summed E-state index contributed by atoms with van der Waals surface area (Å²) >= 11 is 0. The van der Waals surface area contributed by atoms with Crippen molar-refractivity contribution in [3.63, 3.8) is 0 Å². The Morgan fingerprint density at radius 2 is 0.723 bits per heavy atom. The quantitative estimate of drug-likeness (QED) is 0.144. The molecule has 65 heavy (non-hydrogen) atoms. The second-order valence-electron chi connectivity index (χ2n) is 16.9. The van der Waals surface area contributed by atoms with E-state index >= 15 is 0 Å². The lowest BCUT2D eigenvalue weighted by Crippen LogP contribution is -2.24. The Labute approximate surface area is 380 Å². The van der Waals surface area contributed by atoms with Crippen molar-refractivity contribution >= 4 is 50.0 Å². The van der Waals surface area contributed by atoms with Gasteiger partial charge >= 0.3 is 0 Å². The number of benzene rings is 10. The summed E-state index contributed by atoms with van der Waals surface area (Å²) in [5, 5.41) is 4.87. The van der Waals surface area contributed by atoms with E-state index in [1.807, 2.05) is 0 Å². The van der Waals surface area contributed by atoms with Crippen LogP contribution in [0.5, 0.6) is 5.75 Å². The average Bonchev–Trinajstić information content (AvgIpc) is 3.73. The number of ether oxygens (including phenoxy) is 1. The van der Waals surface area contributed by atoms with Crippen molar-refractivity contribution in [2.24, 2.45) is 0 Å². The van der Waals surface area contributed by atoms with Crippen molar-refractivity contribution in [3.8, 4) is 39.1 Å². The van der Waals surface area contributed by atoms with Crippen LogP contribution in [-0.4, -0.2) is 6.10 Å². The lowest BCUT2D eigenvalue weighted by molar-refractivity contribution is 0.268. The minimum Gasteiger partial charge on any atom is -0.485 e. The van der Waals surface area contributed by atoms with Gasteiger partial charge in [0.05, 0.1) is 0 Å². The van der Waals surface area contributed by atoms with Crippen LogP contribution in [0, 0.1) is 0 Å². The largest absolute Gasteiger partial charge is 0.485 e. The molecule has 308 valence electrons. The summed E-state index contributed by atoms with van der Waals surface area (Å²) in [5.74, 6) is 1.13. The maximum atomic E-state index is 6.69. The highest BCUT2D eigenvalue weighted by Crippen LogP contribution is 2.46. The summed E-state index contributed by atoms with van der Waals surface area (Å²) < 4.78 is 6.69. The van der Waals surface area contributed by atoms with Gasteiger partial charge < -0.3 is 14.5 Å². The Balaban J connectivity index is 0.868. The zero-order chi connectivity index (χ0) is 43.1.